The highest BCUT2D eigenvalue weighted by atomic mass is 16.5. The average molecular weight is 542 g/mol. The molecule has 0 aliphatic heterocycles. The molecule has 4 bridgehead atoms. The minimum absolute atomic E-state index is 0.0801. The molecular formula is C32H35N3O5. The summed E-state index contributed by atoms with van der Waals surface area (Å²) in [6.45, 7) is 0. The minimum atomic E-state index is -0.950. The molecule has 0 saturated heterocycles. The summed E-state index contributed by atoms with van der Waals surface area (Å²) in [5.74, 6) is 4.35. The van der Waals surface area contributed by atoms with Crippen LogP contribution in [-0.2, 0) is 9.59 Å². The fourth-order valence-corrected chi connectivity index (χ4v) is 7.83. The molecule has 40 heavy (non-hydrogen) atoms. The predicted molar refractivity (Wildman–Crippen MR) is 151 cm³/mol. The van der Waals surface area contributed by atoms with E-state index in [2.05, 4.69) is 15.6 Å². The Morgan fingerprint density at radius 2 is 1.45 bits per heavy atom. The number of aromatic nitrogens is 1. The zero-order valence-corrected chi connectivity index (χ0v) is 23.0. The van der Waals surface area contributed by atoms with Gasteiger partial charge in [-0.3, -0.25) is 14.6 Å². The Bertz CT molecular complexity index is 1440. The lowest BCUT2D eigenvalue weighted by molar-refractivity contribution is -0.138. The van der Waals surface area contributed by atoms with Crippen LogP contribution in [0.15, 0.2) is 48.7 Å². The summed E-state index contributed by atoms with van der Waals surface area (Å²) in [5.41, 5.74) is 0.319. The van der Waals surface area contributed by atoms with E-state index in [9.17, 15) is 9.59 Å². The lowest BCUT2D eigenvalue weighted by atomic mass is 9.53. The summed E-state index contributed by atoms with van der Waals surface area (Å²) >= 11 is 0. The summed E-state index contributed by atoms with van der Waals surface area (Å²) in [6.07, 6.45) is 10.1. The Morgan fingerprint density at radius 1 is 0.825 bits per heavy atom. The number of carbonyl (C=O) groups excluding carboxylic acids is 2. The first-order valence-corrected chi connectivity index (χ1v) is 14.3. The van der Waals surface area contributed by atoms with E-state index in [-0.39, 0.29) is 17.4 Å². The van der Waals surface area contributed by atoms with Gasteiger partial charge in [0.05, 0.1) is 19.7 Å². The number of pyridine rings is 1. The predicted octanol–water partition coefficient (Wildman–Crippen LogP) is 5.85. The molecular weight excluding hydrogens is 506 g/mol. The monoisotopic (exact) mass is 541 g/mol. The molecule has 0 spiro atoms. The normalized spacial score (nSPS) is 27.2. The molecule has 0 unspecified atom stereocenters. The largest absolute Gasteiger partial charge is 0.493 e. The van der Waals surface area contributed by atoms with E-state index in [4.69, 9.17) is 14.2 Å². The highest BCUT2D eigenvalue weighted by Gasteiger charge is 2.59. The molecule has 8 heteroatoms. The fraction of sp³-hybridized carbons (Fsp3) is 0.469. The third-order valence-electron chi connectivity index (χ3n) is 9.58. The maximum Gasteiger partial charge on any atom is 0.240 e. The molecule has 5 fully saturated rings. The lowest BCUT2D eigenvalue weighted by Gasteiger charge is -2.57. The number of amides is 2. The maximum absolute atomic E-state index is 13.5. The van der Waals surface area contributed by atoms with Gasteiger partial charge >= 0.3 is 0 Å². The summed E-state index contributed by atoms with van der Waals surface area (Å²) in [6, 6.07) is 12.7. The Labute approximate surface area is 233 Å². The van der Waals surface area contributed by atoms with Gasteiger partial charge in [-0.05, 0) is 106 Å². The van der Waals surface area contributed by atoms with E-state index in [1.165, 1.54) is 19.3 Å². The van der Waals surface area contributed by atoms with Crippen molar-refractivity contribution >= 4 is 28.4 Å². The quantitative estimate of drug-likeness (QED) is 0.347. The van der Waals surface area contributed by atoms with Crippen molar-refractivity contribution in [3.8, 4) is 23.0 Å². The van der Waals surface area contributed by atoms with Gasteiger partial charge in [0.15, 0.2) is 11.5 Å². The molecule has 3 aromatic rings. The van der Waals surface area contributed by atoms with E-state index < -0.39 is 5.41 Å². The molecule has 208 valence electrons. The standard InChI is InChI=1S/C32H35N3O5/c1-38-27-14-24-25(15-28(27)39-2)33-10-7-26(24)40-23-5-3-22(4-6-23)34-29(36)32(8-9-32)30(37)35-31-16-19-11-20(17-31)13-21(12-19)18-31/h3-7,10,14-15,19-21H,8-9,11-13,16-18H2,1-2H3,(H,34,36)(H,35,37). The lowest BCUT2D eigenvalue weighted by Crippen LogP contribution is -2.61. The number of hydrogen-bond donors (Lipinski definition) is 2. The second-order valence-corrected chi connectivity index (χ2v) is 12.3. The van der Waals surface area contributed by atoms with Crippen LogP contribution in [0.3, 0.4) is 0 Å². The smallest absolute Gasteiger partial charge is 0.240 e. The Kier molecular flexibility index (Phi) is 5.91. The van der Waals surface area contributed by atoms with Gasteiger partial charge in [-0.1, -0.05) is 0 Å². The van der Waals surface area contributed by atoms with Gasteiger partial charge in [-0.15, -0.1) is 0 Å². The first kappa shape index (κ1) is 25.2. The molecule has 0 atom stereocenters. The van der Waals surface area contributed by atoms with Crippen molar-refractivity contribution in [2.45, 2.75) is 56.9 Å². The SMILES string of the molecule is COc1cc2nccc(Oc3ccc(NC(=O)C4(C(=O)NC56CC7CC(CC(C7)C5)C6)CC4)cc3)c2cc1OC. The number of ether oxygens (including phenoxy) is 3. The van der Waals surface area contributed by atoms with Gasteiger partial charge in [0, 0.05) is 28.9 Å². The van der Waals surface area contributed by atoms with Crippen molar-refractivity contribution in [2.75, 3.05) is 19.5 Å². The molecule has 5 aliphatic rings. The van der Waals surface area contributed by atoms with Crippen molar-refractivity contribution in [2.24, 2.45) is 23.2 Å². The number of carbonyl (C=O) groups is 2. The van der Waals surface area contributed by atoms with Crippen LogP contribution >= 0.6 is 0 Å². The van der Waals surface area contributed by atoms with Crippen LogP contribution in [0.4, 0.5) is 5.69 Å². The highest BCUT2D eigenvalue weighted by Crippen LogP contribution is 2.56. The zero-order valence-electron chi connectivity index (χ0n) is 23.0. The Hall–Kier alpha value is -3.81. The Balaban J connectivity index is 1.02. The number of rotatable bonds is 8. The van der Waals surface area contributed by atoms with Crippen molar-refractivity contribution < 1.29 is 23.8 Å². The molecule has 2 amide bonds. The van der Waals surface area contributed by atoms with Crippen LogP contribution in [0.2, 0.25) is 0 Å². The molecule has 5 saturated carbocycles. The van der Waals surface area contributed by atoms with Crippen molar-refractivity contribution in [3.05, 3.63) is 48.7 Å². The van der Waals surface area contributed by atoms with Gasteiger partial charge < -0.3 is 24.8 Å². The van der Waals surface area contributed by atoms with E-state index in [1.54, 1.807) is 50.7 Å². The third kappa shape index (κ3) is 4.34. The molecule has 1 heterocycles. The molecule has 1 aromatic heterocycles. The van der Waals surface area contributed by atoms with Crippen LogP contribution in [0.5, 0.6) is 23.0 Å². The highest BCUT2D eigenvalue weighted by molar-refractivity contribution is 6.13. The van der Waals surface area contributed by atoms with Crippen LogP contribution in [0.25, 0.3) is 10.9 Å². The van der Waals surface area contributed by atoms with Gasteiger partial charge in [-0.25, -0.2) is 0 Å². The van der Waals surface area contributed by atoms with E-state index in [1.807, 2.05) is 12.1 Å². The van der Waals surface area contributed by atoms with Crippen LogP contribution in [-0.4, -0.2) is 36.6 Å². The molecule has 0 radical (unpaired) electrons. The summed E-state index contributed by atoms with van der Waals surface area (Å²) in [5, 5.41) is 7.20. The van der Waals surface area contributed by atoms with E-state index in [0.717, 1.165) is 47.9 Å². The van der Waals surface area contributed by atoms with Gasteiger partial charge in [0.2, 0.25) is 11.8 Å². The van der Waals surface area contributed by atoms with Crippen molar-refractivity contribution in [1.82, 2.24) is 10.3 Å². The van der Waals surface area contributed by atoms with Gasteiger partial charge in [0.25, 0.3) is 0 Å². The van der Waals surface area contributed by atoms with Crippen LogP contribution in [0.1, 0.15) is 51.4 Å². The summed E-state index contributed by atoms with van der Waals surface area (Å²) < 4.78 is 17.0. The molecule has 8 nitrogen and oxygen atoms in total. The summed E-state index contributed by atoms with van der Waals surface area (Å²) in [4.78, 5) is 31.2. The number of hydrogen-bond acceptors (Lipinski definition) is 6. The maximum atomic E-state index is 13.5. The second kappa shape index (κ2) is 9.39. The minimum Gasteiger partial charge on any atom is -0.493 e. The molecule has 8 rings (SSSR count). The molecule has 2 aromatic carbocycles. The number of nitrogens with zero attached hydrogens (tertiary/aromatic N) is 1. The second-order valence-electron chi connectivity index (χ2n) is 12.3. The zero-order chi connectivity index (χ0) is 27.5. The van der Waals surface area contributed by atoms with E-state index >= 15 is 0 Å². The van der Waals surface area contributed by atoms with Gasteiger partial charge in [-0.2, -0.15) is 0 Å². The summed E-state index contributed by atoms with van der Waals surface area (Å²) in [7, 11) is 3.18. The number of benzene rings is 2. The fourth-order valence-electron chi connectivity index (χ4n) is 7.83. The first-order chi connectivity index (χ1) is 19.4. The van der Waals surface area contributed by atoms with Crippen molar-refractivity contribution in [3.63, 3.8) is 0 Å². The topological polar surface area (TPSA) is 98.8 Å². The third-order valence-corrected chi connectivity index (χ3v) is 9.58. The number of anilines is 1. The first-order valence-electron chi connectivity index (χ1n) is 14.3. The average Bonchev–Trinajstić information content (AvgIpc) is 3.75. The molecule has 5 aliphatic carbocycles. The number of fused-ring (bicyclic) bond motifs is 1. The Morgan fingerprint density at radius 3 is 2.05 bits per heavy atom. The van der Waals surface area contributed by atoms with E-state index in [0.29, 0.717) is 41.5 Å². The van der Waals surface area contributed by atoms with Crippen LogP contribution in [0, 0.1) is 23.2 Å². The van der Waals surface area contributed by atoms with Crippen LogP contribution < -0.4 is 24.8 Å². The molecule has 2 N–H and O–H groups in total. The number of methoxy groups -OCH3 is 2. The van der Waals surface area contributed by atoms with Gasteiger partial charge in [0.1, 0.15) is 16.9 Å². The van der Waals surface area contributed by atoms with Crippen molar-refractivity contribution in [1.29, 1.82) is 0 Å². The number of nitrogens with one attached hydrogen (secondary N) is 2.